The summed E-state index contributed by atoms with van der Waals surface area (Å²) in [5.41, 5.74) is 3.25. The fraction of sp³-hybridized carbons (Fsp3) is 0.346. The SMILES string of the molecule is CC(O)c1nccn1C(/C=C/c1ccc(-c2ccc(OC3CN(CCO)C3)cc2)cc1)CO. The number of β-amino-alcohol motifs (C(OH)–C–C–N with tert-alkyl or cyclic N) is 1. The lowest BCUT2D eigenvalue weighted by Crippen LogP contribution is -2.54. The molecule has 174 valence electrons. The first-order valence-corrected chi connectivity index (χ1v) is 11.3. The van der Waals surface area contributed by atoms with Gasteiger partial charge in [0.05, 0.1) is 19.3 Å². The summed E-state index contributed by atoms with van der Waals surface area (Å²) < 4.78 is 7.77. The van der Waals surface area contributed by atoms with Gasteiger partial charge in [-0.2, -0.15) is 0 Å². The Morgan fingerprint density at radius 1 is 1.06 bits per heavy atom. The van der Waals surface area contributed by atoms with Crippen LogP contribution in [0.4, 0.5) is 0 Å². The molecule has 0 spiro atoms. The summed E-state index contributed by atoms with van der Waals surface area (Å²) >= 11 is 0. The van der Waals surface area contributed by atoms with Crippen LogP contribution in [0.25, 0.3) is 17.2 Å². The van der Waals surface area contributed by atoms with Crippen LogP contribution in [0, 0.1) is 0 Å². The van der Waals surface area contributed by atoms with Crippen molar-refractivity contribution in [2.75, 3.05) is 32.8 Å². The van der Waals surface area contributed by atoms with Gasteiger partial charge in [0.1, 0.15) is 23.8 Å². The number of ether oxygens (including phenoxy) is 1. The Bertz CT molecular complexity index is 1040. The molecule has 1 aliphatic rings. The molecule has 3 N–H and O–H groups in total. The van der Waals surface area contributed by atoms with E-state index < -0.39 is 6.10 Å². The van der Waals surface area contributed by atoms with Crippen molar-refractivity contribution in [3.63, 3.8) is 0 Å². The Labute approximate surface area is 194 Å². The van der Waals surface area contributed by atoms with E-state index in [2.05, 4.69) is 34.1 Å². The van der Waals surface area contributed by atoms with Gasteiger partial charge in [0, 0.05) is 32.0 Å². The third-order valence-corrected chi connectivity index (χ3v) is 5.87. The van der Waals surface area contributed by atoms with Crippen LogP contribution in [-0.2, 0) is 0 Å². The maximum Gasteiger partial charge on any atom is 0.137 e. The number of aliphatic hydroxyl groups excluding tert-OH is 3. The molecule has 3 aromatic rings. The molecule has 0 aliphatic carbocycles. The van der Waals surface area contributed by atoms with Crippen LogP contribution in [-0.4, -0.2) is 68.7 Å². The summed E-state index contributed by atoms with van der Waals surface area (Å²) in [7, 11) is 0. The predicted octanol–water partition coefficient (Wildman–Crippen LogP) is 2.91. The van der Waals surface area contributed by atoms with Gasteiger partial charge in [-0.25, -0.2) is 4.98 Å². The van der Waals surface area contributed by atoms with Gasteiger partial charge >= 0.3 is 0 Å². The lowest BCUT2D eigenvalue weighted by Gasteiger charge is -2.38. The van der Waals surface area contributed by atoms with Crippen molar-refractivity contribution >= 4 is 6.08 Å². The Kier molecular flexibility index (Phi) is 7.57. The summed E-state index contributed by atoms with van der Waals surface area (Å²) in [6, 6.07) is 16.0. The maximum atomic E-state index is 9.86. The zero-order chi connectivity index (χ0) is 23.2. The van der Waals surface area contributed by atoms with Crippen LogP contribution in [0.15, 0.2) is 67.0 Å². The lowest BCUT2D eigenvalue weighted by atomic mass is 10.0. The zero-order valence-electron chi connectivity index (χ0n) is 18.8. The molecule has 1 aliphatic heterocycles. The highest BCUT2D eigenvalue weighted by Crippen LogP contribution is 2.25. The summed E-state index contributed by atoms with van der Waals surface area (Å²) in [6.07, 6.45) is 6.76. The van der Waals surface area contributed by atoms with E-state index in [0.29, 0.717) is 12.4 Å². The largest absolute Gasteiger partial charge is 0.488 e. The van der Waals surface area contributed by atoms with Crippen molar-refractivity contribution in [2.45, 2.75) is 25.2 Å². The third kappa shape index (κ3) is 5.69. The molecule has 2 heterocycles. The van der Waals surface area contributed by atoms with Crippen molar-refractivity contribution < 1.29 is 20.1 Å². The number of aliphatic hydroxyl groups is 3. The summed E-state index contributed by atoms with van der Waals surface area (Å²) in [6.45, 7) is 4.18. The monoisotopic (exact) mass is 449 g/mol. The van der Waals surface area contributed by atoms with Gasteiger partial charge in [0.15, 0.2) is 0 Å². The Morgan fingerprint density at radius 2 is 1.73 bits per heavy atom. The highest BCUT2D eigenvalue weighted by molar-refractivity contribution is 5.66. The summed E-state index contributed by atoms with van der Waals surface area (Å²) in [5.74, 6) is 1.39. The van der Waals surface area contributed by atoms with Crippen molar-refractivity contribution in [1.82, 2.24) is 14.5 Å². The highest BCUT2D eigenvalue weighted by atomic mass is 16.5. The number of hydrogen-bond donors (Lipinski definition) is 3. The first-order chi connectivity index (χ1) is 16.1. The van der Waals surface area contributed by atoms with Crippen LogP contribution >= 0.6 is 0 Å². The maximum absolute atomic E-state index is 9.86. The van der Waals surface area contributed by atoms with Crippen LogP contribution in [0.5, 0.6) is 5.75 Å². The molecule has 1 aromatic heterocycles. The molecule has 0 radical (unpaired) electrons. The van der Waals surface area contributed by atoms with Gasteiger partial charge in [-0.05, 0) is 35.7 Å². The molecule has 2 atom stereocenters. The molecular weight excluding hydrogens is 418 g/mol. The Morgan fingerprint density at radius 3 is 2.33 bits per heavy atom. The van der Waals surface area contributed by atoms with Crippen molar-refractivity contribution in [1.29, 1.82) is 0 Å². The van der Waals surface area contributed by atoms with Gasteiger partial charge < -0.3 is 24.6 Å². The van der Waals surface area contributed by atoms with Gasteiger partial charge in [-0.1, -0.05) is 48.6 Å². The van der Waals surface area contributed by atoms with Crippen LogP contribution < -0.4 is 4.74 Å². The molecule has 0 bridgehead atoms. The van der Waals surface area contributed by atoms with Crippen molar-refractivity contribution in [3.05, 3.63) is 78.4 Å². The fourth-order valence-corrected chi connectivity index (χ4v) is 4.02. The van der Waals surface area contributed by atoms with E-state index in [1.807, 2.05) is 36.4 Å². The van der Waals surface area contributed by atoms with Crippen LogP contribution in [0.2, 0.25) is 0 Å². The van der Waals surface area contributed by atoms with Gasteiger partial charge in [0.25, 0.3) is 0 Å². The standard InChI is InChI=1S/C26H31N3O4/c1-19(32)26-27-12-13-29(26)23(18-31)9-4-20-2-5-21(6-3-20)22-7-10-24(11-8-22)33-25-16-28(17-25)14-15-30/h2-13,19,23,25,30-32H,14-18H2,1H3/b9-4+. The molecule has 4 rings (SSSR count). The molecule has 0 saturated carbocycles. The topological polar surface area (TPSA) is 91.0 Å². The number of nitrogens with zero attached hydrogens (tertiary/aromatic N) is 3. The van der Waals surface area contributed by atoms with Gasteiger partial charge in [-0.3, -0.25) is 4.90 Å². The molecule has 7 nitrogen and oxygen atoms in total. The second-order valence-corrected chi connectivity index (χ2v) is 8.35. The van der Waals surface area contributed by atoms with E-state index in [1.165, 1.54) is 0 Å². The highest BCUT2D eigenvalue weighted by Gasteiger charge is 2.27. The number of aromatic nitrogens is 2. The minimum atomic E-state index is -0.701. The summed E-state index contributed by atoms with van der Waals surface area (Å²) in [4.78, 5) is 6.34. The quantitative estimate of drug-likeness (QED) is 0.441. The molecule has 1 fully saturated rings. The number of rotatable bonds is 10. The molecule has 2 aromatic carbocycles. The minimum Gasteiger partial charge on any atom is -0.488 e. The first-order valence-electron chi connectivity index (χ1n) is 11.3. The second kappa shape index (κ2) is 10.8. The zero-order valence-corrected chi connectivity index (χ0v) is 18.8. The number of hydrogen-bond acceptors (Lipinski definition) is 6. The van der Waals surface area contributed by atoms with E-state index in [4.69, 9.17) is 9.84 Å². The molecule has 2 unspecified atom stereocenters. The summed E-state index contributed by atoms with van der Waals surface area (Å²) in [5, 5.41) is 28.6. The molecule has 0 amide bonds. The van der Waals surface area contributed by atoms with Gasteiger partial charge in [0.2, 0.25) is 0 Å². The normalized spacial score (nSPS) is 16.6. The second-order valence-electron chi connectivity index (χ2n) is 8.35. The smallest absolute Gasteiger partial charge is 0.137 e. The first kappa shape index (κ1) is 23.2. The average molecular weight is 450 g/mol. The van der Waals surface area contributed by atoms with Crippen LogP contribution in [0.1, 0.15) is 30.5 Å². The van der Waals surface area contributed by atoms with Gasteiger partial charge in [-0.15, -0.1) is 0 Å². The average Bonchev–Trinajstić information content (AvgIpc) is 3.29. The predicted molar refractivity (Wildman–Crippen MR) is 128 cm³/mol. The molecule has 1 saturated heterocycles. The van der Waals surface area contributed by atoms with Crippen LogP contribution in [0.3, 0.4) is 0 Å². The van der Waals surface area contributed by atoms with E-state index in [1.54, 1.807) is 23.9 Å². The van der Waals surface area contributed by atoms with Crippen molar-refractivity contribution in [2.24, 2.45) is 0 Å². The number of likely N-dealkylation sites (tertiary alicyclic amines) is 1. The Balaban J connectivity index is 1.36. The fourth-order valence-electron chi connectivity index (χ4n) is 4.02. The van der Waals surface area contributed by atoms with E-state index in [-0.39, 0.29) is 25.4 Å². The number of benzene rings is 2. The number of imidazole rings is 1. The minimum absolute atomic E-state index is 0.0839. The van der Waals surface area contributed by atoms with E-state index in [0.717, 1.165) is 35.5 Å². The lowest BCUT2D eigenvalue weighted by molar-refractivity contribution is 0.0107. The Hall–Kier alpha value is -2.97. The third-order valence-electron chi connectivity index (χ3n) is 5.87. The molecule has 7 heteroatoms. The van der Waals surface area contributed by atoms with Crippen molar-refractivity contribution in [3.8, 4) is 16.9 Å². The molecular formula is C26H31N3O4. The van der Waals surface area contributed by atoms with E-state index in [9.17, 15) is 10.2 Å². The molecule has 33 heavy (non-hydrogen) atoms. The van der Waals surface area contributed by atoms with E-state index >= 15 is 0 Å².